The number of likely N-dealkylation sites (tertiary alicyclic amines) is 1. The number of rotatable bonds is 10. The van der Waals surface area contributed by atoms with Gasteiger partial charge in [-0.1, -0.05) is 80.1 Å². The van der Waals surface area contributed by atoms with E-state index < -0.39 is 0 Å². The molecule has 1 aliphatic rings. The van der Waals surface area contributed by atoms with Crippen LogP contribution in [-0.2, 0) is 13.2 Å². The second-order valence-electron chi connectivity index (χ2n) is 8.81. The number of carbonyl (C=O) groups is 1. The Kier molecular flexibility index (Phi) is 8.15. The van der Waals surface area contributed by atoms with Gasteiger partial charge in [-0.15, -0.1) is 0 Å². The molecule has 0 amide bonds. The summed E-state index contributed by atoms with van der Waals surface area (Å²) in [5.41, 5.74) is 2.72. The predicted octanol–water partition coefficient (Wildman–Crippen LogP) is 6.15. The highest BCUT2D eigenvalue weighted by molar-refractivity contribution is 6.01. The van der Waals surface area contributed by atoms with Crippen LogP contribution in [0.4, 0.5) is 0 Å². The second kappa shape index (κ2) is 11.7. The van der Waals surface area contributed by atoms with E-state index in [4.69, 9.17) is 9.47 Å². The van der Waals surface area contributed by atoms with Gasteiger partial charge in [0.05, 0.1) is 5.56 Å². The molecule has 0 spiro atoms. The molecule has 1 fully saturated rings. The van der Waals surface area contributed by atoms with Crippen LogP contribution in [0.2, 0.25) is 0 Å². The van der Waals surface area contributed by atoms with Crippen LogP contribution >= 0.6 is 0 Å². The van der Waals surface area contributed by atoms with Crippen molar-refractivity contribution in [2.24, 2.45) is 5.92 Å². The fraction of sp³-hybridized carbons (Fsp3) is 0.345. The van der Waals surface area contributed by atoms with Gasteiger partial charge in [0.15, 0.2) is 17.3 Å². The largest absolute Gasteiger partial charge is 0.485 e. The topological polar surface area (TPSA) is 38.8 Å². The first-order valence-electron chi connectivity index (χ1n) is 11.9. The maximum absolute atomic E-state index is 13.5. The van der Waals surface area contributed by atoms with Crippen LogP contribution in [0.1, 0.15) is 47.7 Å². The van der Waals surface area contributed by atoms with E-state index in [-0.39, 0.29) is 11.7 Å². The minimum atomic E-state index is -0.105. The molecule has 33 heavy (non-hydrogen) atoms. The van der Waals surface area contributed by atoms with Crippen LogP contribution in [0.5, 0.6) is 11.5 Å². The number of Topliss-reactive ketones (excluding diaryl/α,β-unsaturated/α-hetero) is 1. The van der Waals surface area contributed by atoms with Crippen LogP contribution in [0, 0.1) is 5.92 Å². The van der Waals surface area contributed by atoms with E-state index in [0.29, 0.717) is 30.3 Å². The molecule has 4 nitrogen and oxygen atoms in total. The lowest BCUT2D eigenvalue weighted by molar-refractivity contribution is 0.0878. The first-order valence-corrected chi connectivity index (χ1v) is 11.9. The SMILES string of the molecule is CC(CN1CCCCC1)C(=O)c1cccc(OCc2ccccc2)c1OCc1ccccc1. The molecule has 0 aromatic heterocycles. The van der Waals surface area contributed by atoms with E-state index in [1.807, 2.05) is 85.8 Å². The fourth-order valence-corrected chi connectivity index (χ4v) is 4.32. The summed E-state index contributed by atoms with van der Waals surface area (Å²) in [6.07, 6.45) is 3.72. The lowest BCUT2D eigenvalue weighted by atomic mass is 9.96. The molecule has 0 N–H and O–H groups in total. The van der Waals surface area contributed by atoms with Crippen LogP contribution in [0.3, 0.4) is 0 Å². The first kappa shape index (κ1) is 23.1. The zero-order valence-corrected chi connectivity index (χ0v) is 19.4. The molecular formula is C29H33NO3. The van der Waals surface area contributed by atoms with Crippen LogP contribution in [-0.4, -0.2) is 30.3 Å². The fourth-order valence-electron chi connectivity index (χ4n) is 4.32. The summed E-state index contributed by atoms with van der Waals surface area (Å²) in [4.78, 5) is 15.9. The highest BCUT2D eigenvalue weighted by atomic mass is 16.5. The predicted molar refractivity (Wildman–Crippen MR) is 132 cm³/mol. The van der Waals surface area contributed by atoms with Crippen molar-refractivity contribution in [3.8, 4) is 11.5 Å². The van der Waals surface area contributed by atoms with Crippen LogP contribution in [0.15, 0.2) is 78.9 Å². The molecule has 172 valence electrons. The molecule has 0 saturated carbocycles. The van der Waals surface area contributed by atoms with Crippen LogP contribution < -0.4 is 9.47 Å². The summed E-state index contributed by atoms with van der Waals surface area (Å²) in [5, 5.41) is 0. The van der Waals surface area contributed by atoms with E-state index in [1.54, 1.807) is 0 Å². The van der Waals surface area contributed by atoms with E-state index in [1.165, 1.54) is 19.3 Å². The molecule has 4 heteroatoms. The number of hydrogen-bond acceptors (Lipinski definition) is 4. The minimum Gasteiger partial charge on any atom is -0.485 e. The van der Waals surface area contributed by atoms with Gasteiger partial charge >= 0.3 is 0 Å². The van der Waals surface area contributed by atoms with Crippen molar-refractivity contribution >= 4 is 5.78 Å². The molecule has 1 atom stereocenters. The number of hydrogen-bond donors (Lipinski definition) is 0. The summed E-state index contributed by atoms with van der Waals surface area (Å²) in [6.45, 7) is 5.77. The number of benzene rings is 3. The quantitative estimate of drug-likeness (QED) is 0.352. The van der Waals surface area contributed by atoms with Crippen molar-refractivity contribution in [2.75, 3.05) is 19.6 Å². The third-order valence-corrected chi connectivity index (χ3v) is 6.14. The van der Waals surface area contributed by atoms with E-state index in [9.17, 15) is 4.79 Å². The number of piperidine rings is 1. The first-order chi connectivity index (χ1) is 16.2. The van der Waals surface area contributed by atoms with Gasteiger partial charge in [-0.2, -0.15) is 0 Å². The lowest BCUT2D eigenvalue weighted by Crippen LogP contribution is -2.35. The van der Waals surface area contributed by atoms with Crippen molar-refractivity contribution in [3.63, 3.8) is 0 Å². The lowest BCUT2D eigenvalue weighted by Gasteiger charge is -2.28. The summed E-state index contributed by atoms with van der Waals surface area (Å²) >= 11 is 0. The molecule has 1 aliphatic heterocycles. The Morgan fingerprint density at radius 1 is 0.788 bits per heavy atom. The van der Waals surface area contributed by atoms with Crippen molar-refractivity contribution in [2.45, 2.75) is 39.4 Å². The Labute approximate surface area is 197 Å². The number of carbonyl (C=O) groups excluding carboxylic acids is 1. The average molecular weight is 444 g/mol. The monoisotopic (exact) mass is 443 g/mol. The molecule has 1 heterocycles. The third kappa shape index (κ3) is 6.45. The number of ketones is 1. The molecule has 3 aromatic carbocycles. The Morgan fingerprint density at radius 3 is 2.03 bits per heavy atom. The summed E-state index contributed by atoms with van der Waals surface area (Å²) in [7, 11) is 0. The normalized spacial score (nSPS) is 15.1. The van der Waals surface area contributed by atoms with Gasteiger partial charge in [0.2, 0.25) is 0 Å². The van der Waals surface area contributed by atoms with Crippen molar-refractivity contribution < 1.29 is 14.3 Å². The van der Waals surface area contributed by atoms with Crippen molar-refractivity contribution in [3.05, 3.63) is 95.6 Å². The van der Waals surface area contributed by atoms with Gasteiger partial charge in [0.25, 0.3) is 0 Å². The van der Waals surface area contributed by atoms with E-state index in [0.717, 1.165) is 30.8 Å². The van der Waals surface area contributed by atoms with Crippen molar-refractivity contribution in [1.29, 1.82) is 0 Å². The van der Waals surface area contributed by atoms with E-state index >= 15 is 0 Å². The molecule has 3 aromatic rings. The van der Waals surface area contributed by atoms with Gasteiger partial charge in [-0.25, -0.2) is 0 Å². The Balaban J connectivity index is 1.55. The van der Waals surface area contributed by atoms with Gasteiger partial charge < -0.3 is 14.4 Å². The molecular weight excluding hydrogens is 410 g/mol. The highest BCUT2D eigenvalue weighted by Gasteiger charge is 2.24. The molecule has 0 aliphatic carbocycles. The number of para-hydroxylation sites is 1. The van der Waals surface area contributed by atoms with Crippen LogP contribution in [0.25, 0.3) is 0 Å². The highest BCUT2D eigenvalue weighted by Crippen LogP contribution is 2.34. The standard InChI is InChI=1S/C29H33NO3/c1-23(20-30-18-9-4-10-19-30)28(31)26-16-11-17-27(32-21-24-12-5-2-6-13-24)29(26)33-22-25-14-7-3-8-15-25/h2-3,5-8,11-17,23H,4,9-10,18-22H2,1H3. The van der Waals surface area contributed by atoms with Crippen molar-refractivity contribution in [1.82, 2.24) is 4.90 Å². The zero-order chi connectivity index (χ0) is 22.9. The zero-order valence-electron chi connectivity index (χ0n) is 19.4. The molecule has 1 unspecified atom stereocenters. The van der Waals surface area contributed by atoms with Gasteiger partial charge in [0, 0.05) is 12.5 Å². The van der Waals surface area contributed by atoms with Gasteiger partial charge in [-0.3, -0.25) is 4.79 Å². The van der Waals surface area contributed by atoms with E-state index in [2.05, 4.69) is 4.90 Å². The molecule has 1 saturated heterocycles. The Morgan fingerprint density at radius 2 is 1.39 bits per heavy atom. The maximum Gasteiger partial charge on any atom is 0.172 e. The smallest absolute Gasteiger partial charge is 0.172 e. The van der Waals surface area contributed by atoms with Gasteiger partial charge in [0.1, 0.15) is 13.2 Å². The second-order valence-corrected chi connectivity index (χ2v) is 8.81. The summed E-state index contributed by atoms with van der Waals surface area (Å²) in [6, 6.07) is 25.7. The maximum atomic E-state index is 13.5. The average Bonchev–Trinajstić information content (AvgIpc) is 2.87. The summed E-state index contributed by atoms with van der Waals surface area (Å²) in [5.74, 6) is 1.14. The molecule has 4 rings (SSSR count). The minimum absolute atomic E-state index is 0.105. The molecule has 0 bridgehead atoms. The number of nitrogens with zero attached hydrogens (tertiary/aromatic N) is 1. The third-order valence-electron chi connectivity index (χ3n) is 6.14. The molecule has 0 radical (unpaired) electrons. The summed E-state index contributed by atoms with van der Waals surface area (Å²) < 4.78 is 12.4. The Bertz CT molecular complexity index is 1010. The Hall–Kier alpha value is -3.11. The number of ether oxygens (including phenoxy) is 2. The van der Waals surface area contributed by atoms with Gasteiger partial charge in [-0.05, 0) is 49.2 Å².